The highest BCUT2D eigenvalue weighted by atomic mass is 16.5. The lowest BCUT2D eigenvalue weighted by atomic mass is 10.1. The van der Waals surface area contributed by atoms with Gasteiger partial charge in [0.1, 0.15) is 11.6 Å². The van der Waals surface area contributed by atoms with Gasteiger partial charge in [0.25, 0.3) is 0 Å². The Hall–Kier alpha value is -3.67. The number of aromatic amines is 1. The van der Waals surface area contributed by atoms with E-state index in [1.54, 1.807) is 19.5 Å². The Balaban J connectivity index is 1.41. The highest BCUT2D eigenvalue weighted by Crippen LogP contribution is 2.22. The van der Waals surface area contributed by atoms with E-state index in [0.29, 0.717) is 12.8 Å². The number of aromatic nitrogens is 3. The number of carbonyl (C=O) groups is 1. The summed E-state index contributed by atoms with van der Waals surface area (Å²) in [5.74, 6) is 1.57. The molecule has 0 unspecified atom stereocenters. The van der Waals surface area contributed by atoms with Crippen LogP contribution in [-0.2, 0) is 11.2 Å². The summed E-state index contributed by atoms with van der Waals surface area (Å²) < 4.78 is 5.15. The maximum absolute atomic E-state index is 12.3. The van der Waals surface area contributed by atoms with Crippen molar-refractivity contribution in [2.45, 2.75) is 12.8 Å². The van der Waals surface area contributed by atoms with Crippen molar-refractivity contribution in [1.29, 1.82) is 0 Å². The van der Waals surface area contributed by atoms with Crippen molar-refractivity contribution < 1.29 is 9.53 Å². The molecule has 0 bridgehead atoms. The number of nitrogens with zero attached hydrogens (tertiary/aromatic N) is 2. The molecule has 4 rings (SSSR count). The lowest BCUT2D eigenvalue weighted by Crippen LogP contribution is -2.12. The van der Waals surface area contributed by atoms with Gasteiger partial charge in [-0.2, -0.15) is 0 Å². The number of H-pyrrole nitrogens is 1. The normalized spacial score (nSPS) is 10.8. The molecule has 0 saturated heterocycles. The summed E-state index contributed by atoms with van der Waals surface area (Å²) in [4.78, 5) is 24.2. The van der Waals surface area contributed by atoms with Gasteiger partial charge in [0, 0.05) is 30.1 Å². The van der Waals surface area contributed by atoms with Crippen LogP contribution >= 0.6 is 0 Å². The van der Waals surface area contributed by atoms with Gasteiger partial charge in [-0.05, 0) is 54.4 Å². The Labute approximate surface area is 162 Å². The van der Waals surface area contributed by atoms with E-state index in [9.17, 15) is 4.79 Å². The van der Waals surface area contributed by atoms with Crippen LogP contribution in [0.5, 0.6) is 5.75 Å². The molecule has 6 heteroatoms. The topological polar surface area (TPSA) is 79.9 Å². The van der Waals surface area contributed by atoms with Crippen LogP contribution in [0.4, 0.5) is 5.69 Å². The van der Waals surface area contributed by atoms with Crippen LogP contribution in [0, 0.1) is 0 Å². The fourth-order valence-corrected chi connectivity index (χ4v) is 3.01. The molecule has 0 aliphatic carbocycles. The number of aryl methyl sites for hydroxylation is 1. The van der Waals surface area contributed by atoms with Gasteiger partial charge in [-0.3, -0.25) is 9.78 Å². The Morgan fingerprint density at radius 2 is 1.86 bits per heavy atom. The summed E-state index contributed by atoms with van der Waals surface area (Å²) in [5.41, 5.74) is 4.54. The number of imidazole rings is 1. The van der Waals surface area contributed by atoms with Crippen LogP contribution in [0.1, 0.15) is 12.0 Å². The van der Waals surface area contributed by atoms with Crippen LogP contribution in [0.3, 0.4) is 0 Å². The van der Waals surface area contributed by atoms with E-state index in [-0.39, 0.29) is 5.91 Å². The zero-order valence-corrected chi connectivity index (χ0v) is 15.5. The minimum atomic E-state index is -0.0240. The lowest BCUT2D eigenvalue weighted by Gasteiger charge is -2.06. The first kappa shape index (κ1) is 17.7. The second-order valence-corrected chi connectivity index (χ2v) is 6.45. The molecule has 140 valence electrons. The van der Waals surface area contributed by atoms with E-state index < -0.39 is 0 Å². The number of rotatable bonds is 6. The van der Waals surface area contributed by atoms with Crippen LogP contribution in [0.15, 0.2) is 67.0 Å². The molecule has 2 aromatic heterocycles. The standard InChI is InChI=1S/C22H20N4O2/c1-28-18-6-2-15(3-7-18)4-9-21(27)24-17-5-8-19-20(14-17)26-22(25-19)16-10-12-23-13-11-16/h2-3,5-8,10-14H,4,9H2,1H3,(H,24,27)(H,25,26). The number of pyridine rings is 1. The highest BCUT2D eigenvalue weighted by molar-refractivity contribution is 5.93. The van der Waals surface area contributed by atoms with Crippen molar-refractivity contribution in [2.24, 2.45) is 0 Å². The van der Waals surface area contributed by atoms with E-state index in [1.807, 2.05) is 54.6 Å². The number of methoxy groups -OCH3 is 1. The predicted molar refractivity (Wildman–Crippen MR) is 109 cm³/mol. The number of benzene rings is 2. The molecule has 0 aliphatic rings. The average Bonchev–Trinajstić information content (AvgIpc) is 3.17. The van der Waals surface area contributed by atoms with Gasteiger partial charge in [-0.15, -0.1) is 0 Å². The van der Waals surface area contributed by atoms with Crippen molar-refractivity contribution in [3.05, 3.63) is 72.6 Å². The van der Waals surface area contributed by atoms with Crippen LogP contribution in [0.25, 0.3) is 22.4 Å². The van der Waals surface area contributed by atoms with Gasteiger partial charge in [0.15, 0.2) is 0 Å². The molecule has 0 spiro atoms. The summed E-state index contributed by atoms with van der Waals surface area (Å²) in [5, 5.41) is 2.95. The van der Waals surface area contributed by atoms with Crippen LogP contribution < -0.4 is 10.1 Å². The number of ether oxygens (including phenoxy) is 1. The molecule has 2 N–H and O–H groups in total. The molecule has 1 amide bonds. The monoisotopic (exact) mass is 372 g/mol. The van der Waals surface area contributed by atoms with Gasteiger partial charge >= 0.3 is 0 Å². The summed E-state index contributed by atoms with van der Waals surface area (Å²) in [6.07, 6.45) is 4.55. The van der Waals surface area contributed by atoms with Gasteiger partial charge in [-0.25, -0.2) is 4.98 Å². The van der Waals surface area contributed by atoms with Gasteiger partial charge < -0.3 is 15.0 Å². The minimum absolute atomic E-state index is 0.0240. The zero-order chi connectivity index (χ0) is 19.3. The van der Waals surface area contributed by atoms with E-state index in [0.717, 1.165) is 39.4 Å². The highest BCUT2D eigenvalue weighted by Gasteiger charge is 2.08. The average molecular weight is 372 g/mol. The van der Waals surface area contributed by atoms with E-state index in [1.165, 1.54) is 0 Å². The number of amides is 1. The van der Waals surface area contributed by atoms with Crippen molar-refractivity contribution in [3.63, 3.8) is 0 Å². The van der Waals surface area contributed by atoms with Crippen molar-refractivity contribution in [1.82, 2.24) is 15.0 Å². The van der Waals surface area contributed by atoms with Gasteiger partial charge in [-0.1, -0.05) is 12.1 Å². The second kappa shape index (κ2) is 7.92. The van der Waals surface area contributed by atoms with Crippen molar-refractivity contribution in [2.75, 3.05) is 12.4 Å². The third kappa shape index (κ3) is 4.01. The molecule has 0 radical (unpaired) electrons. The number of carbonyl (C=O) groups excluding carboxylic acids is 1. The Morgan fingerprint density at radius 3 is 2.61 bits per heavy atom. The van der Waals surface area contributed by atoms with Crippen LogP contribution in [0.2, 0.25) is 0 Å². The minimum Gasteiger partial charge on any atom is -0.497 e. The summed E-state index contributed by atoms with van der Waals surface area (Å²) in [7, 11) is 1.64. The molecule has 0 saturated carbocycles. The number of nitrogens with one attached hydrogen (secondary N) is 2. The van der Waals surface area contributed by atoms with Crippen molar-refractivity contribution >= 4 is 22.6 Å². The van der Waals surface area contributed by atoms with E-state index in [2.05, 4.69) is 20.3 Å². The first-order valence-electron chi connectivity index (χ1n) is 9.04. The molecule has 6 nitrogen and oxygen atoms in total. The SMILES string of the molecule is COc1ccc(CCC(=O)Nc2ccc3nc(-c4ccncc4)[nH]c3c2)cc1. The smallest absolute Gasteiger partial charge is 0.224 e. The molecule has 2 aromatic carbocycles. The first-order valence-corrected chi connectivity index (χ1v) is 9.04. The molecule has 0 atom stereocenters. The third-order valence-corrected chi connectivity index (χ3v) is 4.52. The number of hydrogen-bond acceptors (Lipinski definition) is 4. The third-order valence-electron chi connectivity index (χ3n) is 4.52. The zero-order valence-electron chi connectivity index (χ0n) is 15.5. The maximum Gasteiger partial charge on any atom is 0.224 e. The fraction of sp³-hybridized carbons (Fsp3) is 0.136. The Kier molecular flexibility index (Phi) is 5.01. The molecular weight excluding hydrogens is 352 g/mol. The fourth-order valence-electron chi connectivity index (χ4n) is 3.01. The molecule has 28 heavy (non-hydrogen) atoms. The quantitative estimate of drug-likeness (QED) is 0.531. The molecule has 4 aromatic rings. The largest absolute Gasteiger partial charge is 0.497 e. The number of hydrogen-bond donors (Lipinski definition) is 2. The Morgan fingerprint density at radius 1 is 1.07 bits per heavy atom. The summed E-state index contributed by atoms with van der Waals surface area (Å²) in [6.45, 7) is 0. The maximum atomic E-state index is 12.3. The molecule has 2 heterocycles. The molecule has 0 aliphatic heterocycles. The van der Waals surface area contributed by atoms with Gasteiger partial charge in [0.2, 0.25) is 5.91 Å². The van der Waals surface area contributed by atoms with E-state index in [4.69, 9.17) is 4.74 Å². The summed E-state index contributed by atoms with van der Waals surface area (Å²) in [6, 6.07) is 17.2. The van der Waals surface area contributed by atoms with Crippen LogP contribution in [-0.4, -0.2) is 28.0 Å². The molecular formula is C22H20N4O2. The summed E-state index contributed by atoms with van der Waals surface area (Å²) >= 11 is 0. The number of anilines is 1. The van der Waals surface area contributed by atoms with Crippen molar-refractivity contribution in [3.8, 4) is 17.1 Å². The number of fused-ring (bicyclic) bond motifs is 1. The first-order chi connectivity index (χ1) is 13.7. The lowest BCUT2D eigenvalue weighted by molar-refractivity contribution is -0.116. The van der Waals surface area contributed by atoms with E-state index >= 15 is 0 Å². The Bertz CT molecular complexity index is 1090. The van der Waals surface area contributed by atoms with Gasteiger partial charge in [0.05, 0.1) is 18.1 Å². The predicted octanol–water partition coefficient (Wildman–Crippen LogP) is 4.20. The molecule has 0 fully saturated rings. The second-order valence-electron chi connectivity index (χ2n) is 6.45.